The molecule has 0 aromatic rings. The van der Waals surface area contributed by atoms with Crippen LogP contribution in [0.1, 0.15) is 40.0 Å². The fraction of sp³-hybridized carbons (Fsp3) is 1.00. The number of nitrogens with zero attached hydrogens (tertiary/aromatic N) is 2. The van der Waals surface area contributed by atoms with Crippen LogP contribution in [0.2, 0.25) is 0 Å². The van der Waals surface area contributed by atoms with Gasteiger partial charge in [-0.05, 0) is 44.3 Å². The molecular formula is C14H29N3. The molecule has 2 aliphatic heterocycles. The normalized spacial score (nSPS) is 30.0. The number of hydrogen-bond donors (Lipinski definition) is 1. The second-order valence-corrected chi connectivity index (χ2v) is 6.92. The molecule has 2 rings (SSSR count). The van der Waals surface area contributed by atoms with E-state index in [0.717, 1.165) is 12.6 Å². The van der Waals surface area contributed by atoms with Gasteiger partial charge in [0.1, 0.15) is 0 Å². The lowest BCUT2D eigenvalue weighted by Crippen LogP contribution is -2.45. The fourth-order valence-electron chi connectivity index (χ4n) is 2.93. The zero-order valence-electron chi connectivity index (χ0n) is 11.8. The molecule has 0 radical (unpaired) electrons. The summed E-state index contributed by atoms with van der Waals surface area (Å²) >= 11 is 0. The predicted octanol–water partition coefficient (Wildman–Crippen LogP) is 1.53. The second kappa shape index (κ2) is 5.25. The first-order chi connectivity index (χ1) is 7.97. The summed E-state index contributed by atoms with van der Waals surface area (Å²) in [6.45, 7) is 12.9. The molecule has 0 saturated carbocycles. The maximum absolute atomic E-state index is 6.27. The molecule has 2 heterocycles. The SMILES string of the molecule is CC(C)(C)[C@H](N)CN1CCC(N2CCCC2)C1. The van der Waals surface area contributed by atoms with Gasteiger partial charge in [-0.15, -0.1) is 0 Å². The highest BCUT2D eigenvalue weighted by atomic mass is 15.3. The van der Waals surface area contributed by atoms with Crippen LogP contribution in [0, 0.1) is 5.41 Å². The quantitative estimate of drug-likeness (QED) is 0.811. The summed E-state index contributed by atoms with van der Waals surface area (Å²) in [4.78, 5) is 5.25. The molecule has 0 aromatic heterocycles. The summed E-state index contributed by atoms with van der Waals surface area (Å²) in [6, 6.07) is 1.10. The summed E-state index contributed by atoms with van der Waals surface area (Å²) in [5.74, 6) is 0. The van der Waals surface area contributed by atoms with Crippen molar-refractivity contribution in [2.24, 2.45) is 11.1 Å². The highest BCUT2D eigenvalue weighted by molar-refractivity contribution is 4.89. The maximum atomic E-state index is 6.27. The Bertz CT molecular complexity index is 240. The zero-order valence-corrected chi connectivity index (χ0v) is 11.8. The average molecular weight is 239 g/mol. The summed E-state index contributed by atoms with van der Waals surface area (Å²) in [6.07, 6.45) is 4.15. The molecule has 3 nitrogen and oxygen atoms in total. The van der Waals surface area contributed by atoms with Crippen LogP contribution in [-0.4, -0.2) is 54.6 Å². The Morgan fingerprint density at radius 2 is 1.82 bits per heavy atom. The van der Waals surface area contributed by atoms with Crippen molar-refractivity contribution in [3.63, 3.8) is 0 Å². The van der Waals surface area contributed by atoms with Crippen molar-refractivity contribution in [1.29, 1.82) is 0 Å². The zero-order chi connectivity index (χ0) is 12.5. The van der Waals surface area contributed by atoms with Crippen LogP contribution in [0.15, 0.2) is 0 Å². The minimum Gasteiger partial charge on any atom is -0.326 e. The van der Waals surface area contributed by atoms with E-state index >= 15 is 0 Å². The van der Waals surface area contributed by atoms with E-state index < -0.39 is 0 Å². The van der Waals surface area contributed by atoms with Crippen molar-refractivity contribution in [1.82, 2.24) is 9.80 Å². The first kappa shape index (κ1) is 13.3. The van der Waals surface area contributed by atoms with Gasteiger partial charge in [0.15, 0.2) is 0 Å². The summed E-state index contributed by atoms with van der Waals surface area (Å²) < 4.78 is 0. The highest BCUT2D eigenvalue weighted by Crippen LogP contribution is 2.23. The molecule has 0 aromatic carbocycles. The molecule has 17 heavy (non-hydrogen) atoms. The van der Waals surface area contributed by atoms with Crippen molar-refractivity contribution in [3.8, 4) is 0 Å². The smallest absolute Gasteiger partial charge is 0.0235 e. The first-order valence-electron chi connectivity index (χ1n) is 7.19. The molecule has 2 N–H and O–H groups in total. The van der Waals surface area contributed by atoms with Crippen LogP contribution < -0.4 is 5.73 Å². The van der Waals surface area contributed by atoms with E-state index in [1.54, 1.807) is 0 Å². The van der Waals surface area contributed by atoms with Crippen LogP contribution >= 0.6 is 0 Å². The molecule has 2 saturated heterocycles. The number of nitrogens with two attached hydrogens (primary N) is 1. The van der Waals surface area contributed by atoms with Gasteiger partial charge in [0.25, 0.3) is 0 Å². The van der Waals surface area contributed by atoms with Crippen molar-refractivity contribution >= 4 is 0 Å². The van der Waals surface area contributed by atoms with Gasteiger partial charge in [0.05, 0.1) is 0 Å². The molecule has 0 amide bonds. The van der Waals surface area contributed by atoms with Crippen LogP contribution in [0.4, 0.5) is 0 Å². The van der Waals surface area contributed by atoms with E-state index in [1.165, 1.54) is 45.4 Å². The lowest BCUT2D eigenvalue weighted by atomic mass is 9.87. The Morgan fingerprint density at radius 3 is 2.41 bits per heavy atom. The molecule has 100 valence electrons. The fourth-order valence-corrected chi connectivity index (χ4v) is 2.93. The maximum Gasteiger partial charge on any atom is 0.0235 e. The van der Waals surface area contributed by atoms with Crippen molar-refractivity contribution < 1.29 is 0 Å². The number of likely N-dealkylation sites (tertiary alicyclic amines) is 2. The molecule has 0 bridgehead atoms. The Balaban J connectivity index is 1.77. The van der Waals surface area contributed by atoms with E-state index in [2.05, 4.69) is 30.6 Å². The molecule has 0 aliphatic carbocycles. The largest absolute Gasteiger partial charge is 0.326 e. The standard InChI is InChI=1S/C14H29N3/c1-14(2,3)13(15)11-16-9-6-12(10-16)17-7-4-5-8-17/h12-13H,4-11,15H2,1-3H3/t12?,13-/m1/s1. The van der Waals surface area contributed by atoms with Gasteiger partial charge in [0.2, 0.25) is 0 Å². The van der Waals surface area contributed by atoms with Crippen LogP contribution in [0.3, 0.4) is 0 Å². The van der Waals surface area contributed by atoms with Crippen LogP contribution in [-0.2, 0) is 0 Å². The molecular weight excluding hydrogens is 210 g/mol. The van der Waals surface area contributed by atoms with Crippen LogP contribution in [0.5, 0.6) is 0 Å². The minimum atomic E-state index is 0.228. The molecule has 0 spiro atoms. The summed E-state index contributed by atoms with van der Waals surface area (Å²) in [5.41, 5.74) is 6.50. The lowest BCUT2D eigenvalue weighted by molar-refractivity contribution is 0.200. The van der Waals surface area contributed by atoms with Gasteiger partial charge in [-0.1, -0.05) is 20.8 Å². The molecule has 2 atom stereocenters. The summed E-state index contributed by atoms with van der Waals surface area (Å²) in [7, 11) is 0. The monoisotopic (exact) mass is 239 g/mol. The van der Waals surface area contributed by atoms with E-state index in [-0.39, 0.29) is 5.41 Å². The Kier molecular flexibility index (Phi) is 4.11. The Hall–Kier alpha value is -0.120. The van der Waals surface area contributed by atoms with E-state index in [4.69, 9.17) is 5.73 Å². The lowest BCUT2D eigenvalue weighted by Gasteiger charge is -2.31. The minimum absolute atomic E-state index is 0.228. The molecule has 2 fully saturated rings. The van der Waals surface area contributed by atoms with Crippen molar-refractivity contribution in [2.75, 3.05) is 32.7 Å². The third kappa shape index (κ3) is 3.43. The van der Waals surface area contributed by atoms with Crippen LogP contribution in [0.25, 0.3) is 0 Å². The average Bonchev–Trinajstić information content (AvgIpc) is 2.83. The topological polar surface area (TPSA) is 32.5 Å². The predicted molar refractivity (Wildman–Crippen MR) is 73.1 cm³/mol. The van der Waals surface area contributed by atoms with Gasteiger partial charge in [0, 0.05) is 25.2 Å². The van der Waals surface area contributed by atoms with E-state index in [9.17, 15) is 0 Å². The van der Waals surface area contributed by atoms with Gasteiger partial charge in [-0.25, -0.2) is 0 Å². The number of hydrogen-bond acceptors (Lipinski definition) is 3. The van der Waals surface area contributed by atoms with E-state index in [0.29, 0.717) is 6.04 Å². The Morgan fingerprint density at radius 1 is 1.18 bits per heavy atom. The molecule has 2 aliphatic rings. The third-order valence-corrected chi connectivity index (χ3v) is 4.47. The third-order valence-electron chi connectivity index (χ3n) is 4.47. The van der Waals surface area contributed by atoms with Crippen molar-refractivity contribution in [3.05, 3.63) is 0 Å². The first-order valence-corrected chi connectivity index (χ1v) is 7.19. The van der Waals surface area contributed by atoms with Gasteiger partial charge in [-0.2, -0.15) is 0 Å². The summed E-state index contributed by atoms with van der Waals surface area (Å²) in [5, 5.41) is 0. The molecule has 3 heteroatoms. The highest BCUT2D eigenvalue weighted by Gasteiger charge is 2.31. The van der Waals surface area contributed by atoms with Gasteiger partial charge >= 0.3 is 0 Å². The van der Waals surface area contributed by atoms with Gasteiger partial charge in [-0.3, -0.25) is 4.90 Å². The molecule has 1 unspecified atom stereocenters. The van der Waals surface area contributed by atoms with Gasteiger partial charge < -0.3 is 10.6 Å². The number of rotatable bonds is 3. The Labute approximate surface area is 106 Å². The van der Waals surface area contributed by atoms with E-state index in [1.807, 2.05) is 0 Å². The van der Waals surface area contributed by atoms with Crippen molar-refractivity contribution in [2.45, 2.75) is 52.1 Å². The second-order valence-electron chi connectivity index (χ2n) is 6.92.